The molecule has 1 fully saturated rings. The van der Waals surface area contributed by atoms with Crippen molar-refractivity contribution in [2.75, 3.05) is 23.7 Å². The fourth-order valence-electron chi connectivity index (χ4n) is 1.74. The molecule has 2 rings (SSSR count). The molecule has 0 radical (unpaired) electrons. The van der Waals surface area contributed by atoms with Gasteiger partial charge in [-0.2, -0.15) is 4.98 Å². The zero-order valence-corrected chi connectivity index (χ0v) is 8.53. The molecule has 2 N–H and O–H groups in total. The highest BCUT2D eigenvalue weighted by Crippen LogP contribution is 2.17. The maximum absolute atomic E-state index is 5.72. The Morgan fingerprint density at radius 1 is 1.36 bits per heavy atom. The summed E-state index contributed by atoms with van der Waals surface area (Å²) in [5, 5.41) is 0. The van der Waals surface area contributed by atoms with Gasteiger partial charge in [0.2, 0.25) is 5.95 Å². The summed E-state index contributed by atoms with van der Waals surface area (Å²) in [6.45, 7) is 4.20. The van der Waals surface area contributed by atoms with E-state index in [1.54, 1.807) is 0 Å². The van der Waals surface area contributed by atoms with Crippen LogP contribution < -0.4 is 10.6 Å². The number of hydrogen-bond donors (Lipinski definition) is 1. The van der Waals surface area contributed by atoms with Gasteiger partial charge in [0, 0.05) is 24.8 Å². The van der Waals surface area contributed by atoms with E-state index in [2.05, 4.69) is 21.8 Å². The van der Waals surface area contributed by atoms with Gasteiger partial charge in [-0.3, -0.25) is 0 Å². The monoisotopic (exact) mass is 192 g/mol. The number of nitrogens with two attached hydrogens (primary N) is 1. The highest BCUT2D eigenvalue weighted by atomic mass is 15.3. The van der Waals surface area contributed by atoms with Gasteiger partial charge in [0.25, 0.3) is 0 Å². The summed E-state index contributed by atoms with van der Waals surface area (Å²) in [7, 11) is 0. The van der Waals surface area contributed by atoms with Crippen molar-refractivity contribution in [3.63, 3.8) is 0 Å². The third kappa shape index (κ3) is 1.78. The number of aryl methyl sites for hydroxylation is 1. The minimum absolute atomic E-state index is 0.582. The Kier molecular flexibility index (Phi) is 2.52. The van der Waals surface area contributed by atoms with Gasteiger partial charge >= 0.3 is 0 Å². The number of hydrogen-bond acceptors (Lipinski definition) is 4. The molecule has 1 saturated heterocycles. The Morgan fingerprint density at radius 3 is 2.71 bits per heavy atom. The van der Waals surface area contributed by atoms with Crippen molar-refractivity contribution in [1.29, 1.82) is 0 Å². The van der Waals surface area contributed by atoms with Crippen LogP contribution in [0.4, 0.5) is 11.8 Å². The fraction of sp³-hybridized carbons (Fsp3) is 0.600. The second kappa shape index (κ2) is 3.82. The van der Waals surface area contributed by atoms with Crippen molar-refractivity contribution in [3.05, 3.63) is 11.8 Å². The lowest BCUT2D eigenvalue weighted by atomic mass is 10.3. The topological polar surface area (TPSA) is 55.0 Å². The van der Waals surface area contributed by atoms with Gasteiger partial charge in [-0.05, 0) is 19.3 Å². The molecular weight excluding hydrogens is 176 g/mol. The van der Waals surface area contributed by atoms with Crippen LogP contribution in [0.15, 0.2) is 6.07 Å². The minimum atomic E-state index is 0.582. The molecule has 2 heterocycles. The Bertz CT molecular complexity index is 318. The zero-order chi connectivity index (χ0) is 9.97. The Hall–Kier alpha value is -1.32. The van der Waals surface area contributed by atoms with Gasteiger partial charge in [-0.15, -0.1) is 0 Å². The van der Waals surface area contributed by atoms with E-state index >= 15 is 0 Å². The van der Waals surface area contributed by atoms with E-state index in [0.29, 0.717) is 5.82 Å². The quantitative estimate of drug-likeness (QED) is 0.765. The number of rotatable bonds is 2. The molecule has 0 aromatic carbocycles. The Morgan fingerprint density at radius 2 is 2.07 bits per heavy atom. The number of nitrogens with zero attached hydrogens (tertiary/aromatic N) is 3. The van der Waals surface area contributed by atoms with Gasteiger partial charge in [0.15, 0.2) is 0 Å². The van der Waals surface area contributed by atoms with Gasteiger partial charge in [-0.25, -0.2) is 4.98 Å². The second-order valence-corrected chi connectivity index (χ2v) is 3.63. The summed E-state index contributed by atoms with van der Waals surface area (Å²) in [5.41, 5.74) is 6.75. The predicted molar refractivity (Wildman–Crippen MR) is 57.3 cm³/mol. The molecule has 0 spiro atoms. The first-order chi connectivity index (χ1) is 6.79. The lowest BCUT2D eigenvalue weighted by Crippen LogP contribution is -2.21. The zero-order valence-electron chi connectivity index (χ0n) is 8.53. The molecule has 76 valence electrons. The van der Waals surface area contributed by atoms with Crippen LogP contribution in [0.1, 0.15) is 25.5 Å². The molecule has 0 amide bonds. The molecular formula is C10H16N4. The summed E-state index contributed by atoms with van der Waals surface area (Å²) in [6.07, 6.45) is 3.38. The smallest absolute Gasteiger partial charge is 0.227 e. The highest BCUT2D eigenvalue weighted by Gasteiger charge is 2.15. The molecule has 1 aromatic heterocycles. The van der Waals surface area contributed by atoms with Gasteiger partial charge < -0.3 is 10.6 Å². The largest absolute Gasteiger partial charge is 0.384 e. The van der Waals surface area contributed by atoms with Crippen molar-refractivity contribution in [1.82, 2.24) is 9.97 Å². The van der Waals surface area contributed by atoms with Gasteiger partial charge in [-0.1, -0.05) is 6.92 Å². The standard InChI is InChI=1S/C10H16N4/c1-2-8-7-9(11)13-10(12-8)14-5-3-4-6-14/h7H,2-6H2,1H3,(H2,11,12,13). The van der Waals surface area contributed by atoms with Crippen molar-refractivity contribution in [2.45, 2.75) is 26.2 Å². The molecule has 4 nitrogen and oxygen atoms in total. The maximum atomic E-state index is 5.72. The highest BCUT2D eigenvalue weighted by molar-refractivity contribution is 5.41. The van der Waals surface area contributed by atoms with E-state index in [1.165, 1.54) is 12.8 Å². The lowest BCUT2D eigenvalue weighted by molar-refractivity contribution is 0.877. The van der Waals surface area contributed by atoms with Crippen LogP contribution in [-0.2, 0) is 6.42 Å². The molecule has 14 heavy (non-hydrogen) atoms. The summed E-state index contributed by atoms with van der Waals surface area (Å²) < 4.78 is 0. The van der Waals surface area contributed by atoms with Gasteiger partial charge in [0.05, 0.1) is 0 Å². The number of anilines is 2. The van der Waals surface area contributed by atoms with Crippen molar-refractivity contribution in [3.8, 4) is 0 Å². The minimum Gasteiger partial charge on any atom is -0.384 e. The molecule has 1 aliphatic heterocycles. The average molecular weight is 192 g/mol. The SMILES string of the molecule is CCc1cc(N)nc(N2CCCC2)n1. The van der Waals surface area contributed by atoms with E-state index < -0.39 is 0 Å². The first-order valence-electron chi connectivity index (χ1n) is 5.18. The molecule has 0 aliphatic carbocycles. The first kappa shape index (κ1) is 9.24. The third-order valence-electron chi connectivity index (χ3n) is 2.54. The Balaban J connectivity index is 2.27. The van der Waals surface area contributed by atoms with Crippen LogP contribution in [0.5, 0.6) is 0 Å². The van der Waals surface area contributed by atoms with Crippen LogP contribution in [0, 0.1) is 0 Å². The van der Waals surface area contributed by atoms with Crippen molar-refractivity contribution in [2.24, 2.45) is 0 Å². The van der Waals surface area contributed by atoms with Crippen LogP contribution in [0.25, 0.3) is 0 Å². The number of nitrogen functional groups attached to an aromatic ring is 1. The maximum Gasteiger partial charge on any atom is 0.227 e. The predicted octanol–water partition coefficient (Wildman–Crippen LogP) is 1.22. The summed E-state index contributed by atoms with van der Waals surface area (Å²) in [4.78, 5) is 10.9. The van der Waals surface area contributed by atoms with Crippen LogP contribution in [-0.4, -0.2) is 23.1 Å². The summed E-state index contributed by atoms with van der Waals surface area (Å²) in [5.74, 6) is 1.39. The van der Waals surface area contributed by atoms with Crippen LogP contribution in [0.3, 0.4) is 0 Å². The van der Waals surface area contributed by atoms with E-state index in [4.69, 9.17) is 5.73 Å². The Labute approximate surface area is 84.2 Å². The molecule has 0 bridgehead atoms. The first-order valence-corrected chi connectivity index (χ1v) is 5.18. The molecule has 0 atom stereocenters. The average Bonchev–Trinajstić information content (AvgIpc) is 2.69. The lowest BCUT2D eigenvalue weighted by Gasteiger charge is -2.15. The second-order valence-electron chi connectivity index (χ2n) is 3.63. The van der Waals surface area contributed by atoms with E-state index in [1.807, 2.05) is 6.07 Å². The number of aromatic nitrogens is 2. The van der Waals surface area contributed by atoms with E-state index in [0.717, 1.165) is 31.2 Å². The molecule has 4 heteroatoms. The van der Waals surface area contributed by atoms with Crippen molar-refractivity contribution >= 4 is 11.8 Å². The van der Waals surface area contributed by atoms with E-state index in [-0.39, 0.29) is 0 Å². The van der Waals surface area contributed by atoms with E-state index in [9.17, 15) is 0 Å². The molecule has 0 unspecified atom stereocenters. The molecule has 1 aliphatic rings. The fourth-order valence-corrected chi connectivity index (χ4v) is 1.74. The van der Waals surface area contributed by atoms with Crippen LogP contribution >= 0.6 is 0 Å². The molecule has 1 aromatic rings. The third-order valence-corrected chi connectivity index (χ3v) is 2.54. The van der Waals surface area contributed by atoms with Crippen molar-refractivity contribution < 1.29 is 0 Å². The molecule has 0 saturated carbocycles. The normalized spacial score (nSPS) is 16.2. The van der Waals surface area contributed by atoms with Gasteiger partial charge in [0.1, 0.15) is 5.82 Å². The summed E-state index contributed by atoms with van der Waals surface area (Å²) in [6, 6.07) is 1.85. The summed E-state index contributed by atoms with van der Waals surface area (Å²) >= 11 is 0. The van der Waals surface area contributed by atoms with Crippen LogP contribution in [0.2, 0.25) is 0 Å².